The van der Waals surface area contributed by atoms with E-state index in [1.54, 1.807) is 0 Å². The van der Waals surface area contributed by atoms with E-state index in [0.29, 0.717) is 0 Å². The molecule has 0 fully saturated rings. The molecule has 33 heavy (non-hydrogen) atoms. The Morgan fingerprint density at radius 2 is 1.52 bits per heavy atom. The number of carboxylic acids is 2. The Morgan fingerprint density at radius 3 is 2.06 bits per heavy atom. The fraction of sp³-hybridized carbons (Fsp3) is 0.792. The van der Waals surface area contributed by atoms with Crippen LogP contribution in [0.1, 0.15) is 90.4 Å². The molecule has 0 radical (unpaired) electrons. The number of amides is 1. The number of unbranched alkanes of at least 4 members (excludes halogenated alkanes) is 10. The van der Waals surface area contributed by atoms with E-state index < -0.39 is 36.5 Å². The third-order valence-electron chi connectivity index (χ3n) is 5.30. The molecule has 0 rings (SSSR count). The van der Waals surface area contributed by atoms with Gasteiger partial charge in [-0.2, -0.15) is 0 Å². The molecular formula is C24H44N2O6S. The number of hydrogen-bond donors (Lipinski definition) is 5. The average Bonchev–Trinajstić information content (AvgIpc) is 2.78. The van der Waals surface area contributed by atoms with Crippen molar-refractivity contribution in [3.8, 4) is 0 Å². The van der Waals surface area contributed by atoms with Gasteiger partial charge in [0, 0.05) is 17.4 Å². The summed E-state index contributed by atoms with van der Waals surface area (Å²) in [5.41, 5.74) is 5.82. The molecule has 0 spiro atoms. The summed E-state index contributed by atoms with van der Waals surface area (Å²) in [7, 11) is 0. The molecule has 0 aromatic rings. The maximum absolute atomic E-state index is 11.8. The molecule has 0 aliphatic heterocycles. The van der Waals surface area contributed by atoms with E-state index >= 15 is 0 Å². The number of thioether (sulfide) groups is 1. The molecule has 6 N–H and O–H groups in total. The highest BCUT2D eigenvalue weighted by Crippen LogP contribution is 2.21. The van der Waals surface area contributed by atoms with Crippen LogP contribution in [-0.4, -0.2) is 62.9 Å². The second-order valence-electron chi connectivity index (χ2n) is 8.41. The smallest absolute Gasteiger partial charge is 0.322 e. The molecule has 0 unspecified atom stereocenters. The van der Waals surface area contributed by atoms with Crippen LogP contribution in [0.15, 0.2) is 12.2 Å². The van der Waals surface area contributed by atoms with Crippen LogP contribution in [0, 0.1) is 0 Å². The van der Waals surface area contributed by atoms with Crippen molar-refractivity contribution in [1.82, 2.24) is 5.32 Å². The number of nitrogens with two attached hydrogens (primary N) is 1. The van der Waals surface area contributed by atoms with E-state index in [1.807, 2.05) is 12.2 Å². The van der Waals surface area contributed by atoms with Gasteiger partial charge in [-0.05, 0) is 19.3 Å². The number of allylic oxidation sites excluding steroid dienone is 1. The quantitative estimate of drug-likeness (QED) is 0.114. The highest BCUT2D eigenvalue weighted by Gasteiger charge is 2.21. The number of carbonyl (C=O) groups is 3. The highest BCUT2D eigenvalue weighted by atomic mass is 32.2. The topological polar surface area (TPSA) is 150 Å². The van der Waals surface area contributed by atoms with Gasteiger partial charge in [0.25, 0.3) is 0 Å². The Morgan fingerprint density at radius 1 is 0.939 bits per heavy atom. The Hall–Kier alpha value is -1.58. The van der Waals surface area contributed by atoms with Gasteiger partial charge in [-0.3, -0.25) is 14.4 Å². The van der Waals surface area contributed by atoms with Crippen molar-refractivity contribution < 1.29 is 29.7 Å². The lowest BCUT2D eigenvalue weighted by atomic mass is 10.1. The van der Waals surface area contributed by atoms with E-state index in [2.05, 4.69) is 12.2 Å². The Bertz CT molecular complexity index is 573. The van der Waals surface area contributed by atoms with Gasteiger partial charge in [0.15, 0.2) is 0 Å². The molecule has 0 aliphatic carbocycles. The number of aliphatic hydroxyl groups is 1. The third kappa shape index (κ3) is 19.6. The summed E-state index contributed by atoms with van der Waals surface area (Å²) in [4.78, 5) is 33.2. The summed E-state index contributed by atoms with van der Waals surface area (Å²) < 4.78 is 0. The second-order valence-corrected chi connectivity index (χ2v) is 9.63. The lowest BCUT2D eigenvalue weighted by molar-refractivity contribution is -0.138. The van der Waals surface area contributed by atoms with Crippen LogP contribution in [0.2, 0.25) is 0 Å². The van der Waals surface area contributed by atoms with Crippen LogP contribution in [0.4, 0.5) is 0 Å². The Balaban J connectivity index is 4.32. The summed E-state index contributed by atoms with van der Waals surface area (Å²) in [6.07, 6.45) is 16.5. The van der Waals surface area contributed by atoms with E-state index in [-0.39, 0.29) is 23.8 Å². The number of carboxylic acid groups (broad SMARTS) is 2. The molecule has 0 aromatic heterocycles. The molecule has 0 aromatic carbocycles. The van der Waals surface area contributed by atoms with Crippen molar-refractivity contribution in [3.05, 3.63) is 12.2 Å². The SMILES string of the molecule is CCCCCCCCCCCC/C=C/[C@H](SC[C@H](N)C(=O)NCC(=O)O)[C@H](O)CCC(=O)O. The van der Waals surface area contributed by atoms with Gasteiger partial charge in [0.05, 0.1) is 12.1 Å². The predicted molar refractivity (Wildman–Crippen MR) is 133 cm³/mol. The minimum atomic E-state index is -1.15. The van der Waals surface area contributed by atoms with Crippen LogP contribution in [-0.2, 0) is 14.4 Å². The number of carbonyl (C=O) groups excluding carboxylic acids is 1. The molecule has 0 saturated heterocycles. The zero-order valence-corrected chi connectivity index (χ0v) is 20.9. The minimum absolute atomic E-state index is 0.107. The zero-order chi connectivity index (χ0) is 24.9. The first-order valence-corrected chi connectivity index (χ1v) is 13.3. The van der Waals surface area contributed by atoms with E-state index in [4.69, 9.17) is 15.9 Å². The van der Waals surface area contributed by atoms with Crippen LogP contribution >= 0.6 is 11.8 Å². The van der Waals surface area contributed by atoms with Crippen molar-refractivity contribution in [2.45, 2.75) is 108 Å². The number of aliphatic carboxylic acids is 2. The molecule has 0 bridgehead atoms. The van der Waals surface area contributed by atoms with Gasteiger partial charge in [-0.25, -0.2) is 0 Å². The first-order valence-electron chi connectivity index (χ1n) is 12.2. The average molecular weight is 489 g/mol. The number of nitrogens with one attached hydrogen (secondary N) is 1. The largest absolute Gasteiger partial charge is 0.481 e. The summed E-state index contributed by atoms with van der Waals surface area (Å²) >= 11 is 1.27. The zero-order valence-electron chi connectivity index (χ0n) is 20.0. The van der Waals surface area contributed by atoms with E-state index in [1.165, 1.54) is 63.1 Å². The van der Waals surface area contributed by atoms with Gasteiger partial charge in [-0.15, -0.1) is 11.8 Å². The van der Waals surface area contributed by atoms with E-state index in [0.717, 1.165) is 19.3 Å². The third-order valence-corrected chi connectivity index (χ3v) is 6.71. The van der Waals surface area contributed by atoms with E-state index in [9.17, 15) is 19.5 Å². The molecule has 1 amide bonds. The highest BCUT2D eigenvalue weighted by molar-refractivity contribution is 8.00. The van der Waals surface area contributed by atoms with Crippen molar-refractivity contribution in [3.63, 3.8) is 0 Å². The molecule has 0 saturated carbocycles. The van der Waals surface area contributed by atoms with Crippen molar-refractivity contribution in [2.24, 2.45) is 5.73 Å². The van der Waals surface area contributed by atoms with Crippen LogP contribution in [0.5, 0.6) is 0 Å². The Kier molecular flexibility index (Phi) is 20.0. The maximum Gasteiger partial charge on any atom is 0.322 e. The summed E-state index contributed by atoms with van der Waals surface area (Å²) in [6.45, 7) is 1.73. The first kappa shape index (κ1) is 31.4. The second kappa shape index (κ2) is 21.0. The molecule has 9 heteroatoms. The summed E-state index contributed by atoms with van der Waals surface area (Å²) in [5.74, 6) is -2.52. The lowest BCUT2D eigenvalue weighted by Gasteiger charge is -2.21. The Labute approximate surface area is 202 Å². The normalized spacial score (nSPS) is 14.2. The van der Waals surface area contributed by atoms with Gasteiger partial charge in [0.2, 0.25) is 5.91 Å². The van der Waals surface area contributed by atoms with Gasteiger partial charge >= 0.3 is 11.9 Å². The molecule has 192 valence electrons. The molecule has 8 nitrogen and oxygen atoms in total. The molecule has 3 atom stereocenters. The number of hydrogen-bond acceptors (Lipinski definition) is 6. The number of aliphatic hydroxyl groups excluding tert-OH is 1. The minimum Gasteiger partial charge on any atom is -0.481 e. The van der Waals surface area contributed by atoms with Gasteiger partial charge in [0.1, 0.15) is 6.54 Å². The molecular weight excluding hydrogens is 444 g/mol. The predicted octanol–water partition coefficient (Wildman–Crippen LogP) is 3.71. The van der Waals surface area contributed by atoms with Crippen molar-refractivity contribution >= 4 is 29.6 Å². The summed E-state index contributed by atoms with van der Waals surface area (Å²) in [5, 5.41) is 29.8. The van der Waals surface area contributed by atoms with Crippen molar-refractivity contribution in [2.75, 3.05) is 12.3 Å². The van der Waals surface area contributed by atoms with Crippen LogP contribution in [0.25, 0.3) is 0 Å². The first-order chi connectivity index (χ1) is 15.8. The number of rotatable bonds is 22. The maximum atomic E-state index is 11.8. The molecule has 0 heterocycles. The summed E-state index contributed by atoms with van der Waals surface area (Å²) in [6, 6.07) is -0.918. The fourth-order valence-corrected chi connectivity index (χ4v) is 4.46. The molecule has 0 aliphatic rings. The van der Waals surface area contributed by atoms with Gasteiger partial charge < -0.3 is 26.4 Å². The lowest BCUT2D eigenvalue weighted by Crippen LogP contribution is -2.44. The van der Waals surface area contributed by atoms with Crippen LogP contribution in [0.3, 0.4) is 0 Å². The van der Waals surface area contributed by atoms with Gasteiger partial charge in [-0.1, -0.05) is 76.9 Å². The fourth-order valence-electron chi connectivity index (χ4n) is 3.29. The monoisotopic (exact) mass is 488 g/mol. The van der Waals surface area contributed by atoms with Crippen LogP contribution < -0.4 is 11.1 Å². The standard InChI is InChI=1S/C24H44N2O6S/c1-2-3-4-5-6-7-8-9-10-11-12-13-14-21(20(27)15-16-22(28)29)33-18-19(25)24(32)26-17-23(30)31/h13-14,19-21,27H,2-12,15-18,25H2,1H3,(H,26,32)(H,28,29)(H,30,31)/b14-13+/t19-,20+,21-/m0/s1. The van der Waals surface area contributed by atoms with Crippen molar-refractivity contribution in [1.29, 1.82) is 0 Å².